The highest BCUT2D eigenvalue weighted by atomic mass is 35.5. The van der Waals surface area contributed by atoms with Crippen molar-refractivity contribution >= 4 is 34.5 Å². The van der Waals surface area contributed by atoms with E-state index in [0.29, 0.717) is 59.1 Å². The van der Waals surface area contributed by atoms with E-state index < -0.39 is 24.1 Å². The van der Waals surface area contributed by atoms with Crippen molar-refractivity contribution in [3.63, 3.8) is 0 Å². The molecule has 41 heavy (non-hydrogen) atoms. The molecule has 0 spiro atoms. The number of nitrogens with one attached hydrogen (secondary N) is 2. The van der Waals surface area contributed by atoms with Gasteiger partial charge in [0.2, 0.25) is 0 Å². The summed E-state index contributed by atoms with van der Waals surface area (Å²) in [5.41, 5.74) is 2.60. The summed E-state index contributed by atoms with van der Waals surface area (Å²) in [4.78, 5) is 26.9. The standard InChI is InChI=1S/C28H31ClFN5O6/c29-16-9-19-26(34-28(32-19)41-21-12-40-23-20(37)11-39-24(21)23)33-25(16)31-18-2-1-14-7-15(8-17(30)22(14)18)27(38)35-5-3-13(10-36)4-6-35/h7-9,13,18,20-21,23-24,36-37H,1-6,10-12H2,(H2,31,32,33,34)/t18?,20-,21-,23-,24-/m1/s1. The number of aromatic nitrogens is 3. The molecule has 1 amide bonds. The fourth-order valence-corrected chi connectivity index (χ4v) is 6.60. The lowest BCUT2D eigenvalue weighted by Gasteiger charge is -2.31. The third kappa shape index (κ3) is 4.91. The quantitative estimate of drug-likeness (QED) is 0.342. The number of anilines is 1. The number of aliphatic hydroxyl groups is 2. The van der Waals surface area contributed by atoms with Gasteiger partial charge in [-0.2, -0.15) is 4.98 Å². The van der Waals surface area contributed by atoms with E-state index in [9.17, 15) is 15.0 Å². The number of amides is 1. The maximum absolute atomic E-state index is 15.4. The summed E-state index contributed by atoms with van der Waals surface area (Å²) in [6.45, 7) is 1.72. The second kappa shape index (κ2) is 10.7. The monoisotopic (exact) mass is 587 g/mol. The zero-order valence-electron chi connectivity index (χ0n) is 22.2. The van der Waals surface area contributed by atoms with Crippen LogP contribution < -0.4 is 10.1 Å². The number of pyridine rings is 1. The Balaban J connectivity index is 1.06. The topological polar surface area (TPSA) is 142 Å². The van der Waals surface area contributed by atoms with E-state index in [2.05, 4.69) is 20.3 Å². The number of halogens is 2. The van der Waals surface area contributed by atoms with Crippen LogP contribution in [0, 0.1) is 11.7 Å². The van der Waals surface area contributed by atoms with Crippen molar-refractivity contribution in [2.24, 2.45) is 5.92 Å². The predicted molar refractivity (Wildman–Crippen MR) is 146 cm³/mol. The normalized spacial score (nSPS) is 27.8. The van der Waals surface area contributed by atoms with Gasteiger partial charge < -0.3 is 39.6 Å². The summed E-state index contributed by atoms with van der Waals surface area (Å²) < 4.78 is 32.6. The van der Waals surface area contributed by atoms with E-state index in [1.54, 1.807) is 17.0 Å². The molecule has 4 aliphatic rings. The zero-order chi connectivity index (χ0) is 28.2. The minimum atomic E-state index is -0.675. The molecule has 11 nitrogen and oxygen atoms in total. The Labute approximate surface area is 240 Å². The number of nitrogens with zero attached hydrogens (tertiary/aromatic N) is 3. The molecular weight excluding hydrogens is 557 g/mol. The van der Waals surface area contributed by atoms with Gasteiger partial charge in [-0.05, 0) is 55.4 Å². The van der Waals surface area contributed by atoms with Gasteiger partial charge in [0, 0.05) is 30.8 Å². The summed E-state index contributed by atoms with van der Waals surface area (Å²) in [5.74, 6) is -0.0291. The van der Waals surface area contributed by atoms with Crippen LogP contribution in [0.15, 0.2) is 18.2 Å². The Bertz CT molecular complexity index is 1480. The highest BCUT2D eigenvalue weighted by molar-refractivity contribution is 6.33. The lowest BCUT2D eigenvalue weighted by molar-refractivity contribution is 0.00706. The molecule has 3 saturated heterocycles. The first-order valence-electron chi connectivity index (χ1n) is 14.0. The fraction of sp³-hybridized carbons (Fsp3) is 0.536. The molecule has 5 heterocycles. The number of hydrogen-bond donors (Lipinski definition) is 4. The molecule has 1 aromatic carbocycles. The van der Waals surface area contributed by atoms with Crippen LogP contribution in [0.3, 0.4) is 0 Å². The molecule has 1 aliphatic carbocycles. The van der Waals surface area contributed by atoms with Gasteiger partial charge in [0.25, 0.3) is 11.9 Å². The molecule has 7 rings (SSSR count). The van der Waals surface area contributed by atoms with Crippen LogP contribution in [-0.2, 0) is 15.9 Å². The van der Waals surface area contributed by atoms with Crippen molar-refractivity contribution in [1.82, 2.24) is 19.9 Å². The van der Waals surface area contributed by atoms with Crippen LogP contribution in [0.5, 0.6) is 6.01 Å². The van der Waals surface area contributed by atoms with E-state index in [1.807, 2.05) is 0 Å². The van der Waals surface area contributed by atoms with Crippen molar-refractivity contribution in [3.05, 3.63) is 45.7 Å². The molecule has 5 atom stereocenters. The van der Waals surface area contributed by atoms with Crippen molar-refractivity contribution in [2.45, 2.75) is 56.1 Å². The Hall–Kier alpha value is -3.03. The number of benzene rings is 1. The molecule has 13 heteroatoms. The number of aromatic amines is 1. The highest BCUT2D eigenvalue weighted by Crippen LogP contribution is 2.38. The SMILES string of the molecule is O=C(c1cc(F)c2c(c1)CCC2Nc1nc2nc(O[C@@H]3CO[C@H]4[C@@H]3OC[C@H]4O)[nH]c2cc1Cl)N1CCC(CO)CC1. The van der Waals surface area contributed by atoms with Crippen LogP contribution >= 0.6 is 11.6 Å². The Morgan fingerprint density at radius 2 is 1.98 bits per heavy atom. The molecule has 3 aromatic rings. The van der Waals surface area contributed by atoms with Crippen LogP contribution in [0.1, 0.15) is 46.8 Å². The number of aryl methyl sites for hydroxylation is 1. The minimum Gasteiger partial charge on any atom is -0.456 e. The number of ether oxygens (including phenoxy) is 3. The molecule has 218 valence electrons. The molecule has 0 saturated carbocycles. The average molecular weight is 588 g/mol. The molecule has 3 aliphatic heterocycles. The number of imidazole rings is 1. The van der Waals surface area contributed by atoms with Crippen molar-refractivity contribution in [3.8, 4) is 6.01 Å². The maximum atomic E-state index is 15.4. The zero-order valence-corrected chi connectivity index (χ0v) is 22.9. The summed E-state index contributed by atoms with van der Waals surface area (Å²) >= 11 is 6.55. The van der Waals surface area contributed by atoms with Gasteiger partial charge in [-0.15, -0.1) is 0 Å². The van der Waals surface area contributed by atoms with Crippen LogP contribution in [-0.4, -0.2) is 93.3 Å². The van der Waals surface area contributed by atoms with Crippen LogP contribution in [0.25, 0.3) is 11.2 Å². The smallest absolute Gasteiger partial charge is 0.296 e. The minimum absolute atomic E-state index is 0.128. The second-order valence-electron chi connectivity index (χ2n) is 11.2. The van der Waals surface area contributed by atoms with E-state index in [4.69, 9.17) is 25.8 Å². The van der Waals surface area contributed by atoms with Gasteiger partial charge in [-0.25, -0.2) is 9.37 Å². The number of hydrogen-bond acceptors (Lipinski definition) is 9. The molecule has 0 radical (unpaired) electrons. The van der Waals surface area contributed by atoms with Gasteiger partial charge in [0.15, 0.2) is 11.8 Å². The number of aliphatic hydroxyl groups excluding tert-OH is 2. The first kappa shape index (κ1) is 26.8. The number of H-pyrrole nitrogens is 1. The Morgan fingerprint density at radius 1 is 1.17 bits per heavy atom. The summed E-state index contributed by atoms with van der Waals surface area (Å²) in [7, 11) is 0. The number of likely N-dealkylation sites (tertiary alicyclic amines) is 1. The van der Waals surface area contributed by atoms with Gasteiger partial charge in [-0.3, -0.25) is 4.79 Å². The Morgan fingerprint density at radius 3 is 2.78 bits per heavy atom. The number of fused-ring (bicyclic) bond motifs is 3. The molecule has 1 unspecified atom stereocenters. The van der Waals surface area contributed by atoms with Crippen molar-refractivity contribution < 1.29 is 33.6 Å². The van der Waals surface area contributed by atoms with Gasteiger partial charge in [-0.1, -0.05) is 11.6 Å². The van der Waals surface area contributed by atoms with Crippen LogP contribution in [0.2, 0.25) is 5.02 Å². The van der Waals surface area contributed by atoms with E-state index in [1.165, 1.54) is 6.07 Å². The summed E-state index contributed by atoms with van der Waals surface area (Å²) in [6.07, 6.45) is 0.835. The fourth-order valence-electron chi connectivity index (χ4n) is 6.39. The summed E-state index contributed by atoms with van der Waals surface area (Å²) in [6, 6.07) is 4.66. The second-order valence-corrected chi connectivity index (χ2v) is 11.6. The molecule has 4 N–H and O–H groups in total. The van der Waals surface area contributed by atoms with Crippen molar-refractivity contribution in [1.29, 1.82) is 0 Å². The third-order valence-corrected chi connectivity index (χ3v) is 8.92. The largest absolute Gasteiger partial charge is 0.456 e. The first-order chi connectivity index (χ1) is 19.9. The molecule has 2 aromatic heterocycles. The number of carbonyl (C=O) groups is 1. The number of rotatable bonds is 6. The van der Waals surface area contributed by atoms with Gasteiger partial charge in [0.05, 0.1) is 29.8 Å². The van der Waals surface area contributed by atoms with E-state index in [0.717, 1.165) is 18.4 Å². The maximum Gasteiger partial charge on any atom is 0.296 e. The van der Waals surface area contributed by atoms with E-state index in [-0.39, 0.29) is 49.8 Å². The molecular formula is C28H31ClFN5O6. The molecule has 0 bridgehead atoms. The molecule has 3 fully saturated rings. The van der Waals surface area contributed by atoms with E-state index >= 15 is 4.39 Å². The lowest BCUT2D eigenvalue weighted by Crippen LogP contribution is -2.39. The first-order valence-corrected chi connectivity index (χ1v) is 14.4. The van der Waals surface area contributed by atoms with Gasteiger partial charge in [0.1, 0.15) is 29.9 Å². The average Bonchev–Trinajstić information content (AvgIpc) is 3.75. The van der Waals surface area contributed by atoms with Gasteiger partial charge >= 0.3 is 0 Å². The highest BCUT2D eigenvalue weighted by Gasteiger charge is 2.48. The predicted octanol–water partition coefficient (Wildman–Crippen LogP) is 2.60. The van der Waals surface area contributed by atoms with Crippen molar-refractivity contribution in [2.75, 3.05) is 38.2 Å². The Kier molecular flexibility index (Phi) is 6.98. The lowest BCUT2D eigenvalue weighted by atomic mass is 9.96. The number of piperidine rings is 1. The summed E-state index contributed by atoms with van der Waals surface area (Å²) in [5, 5.41) is 22.9. The number of carbonyl (C=O) groups excluding carboxylic acids is 1. The third-order valence-electron chi connectivity index (χ3n) is 8.63. The van der Waals surface area contributed by atoms with Crippen LogP contribution in [0.4, 0.5) is 10.2 Å².